The number of carbonyl (C=O) groups excluding carboxylic acids is 1. The highest BCUT2D eigenvalue weighted by Crippen LogP contribution is 2.19. The van der Waals surface area contributed by atoms with E-state index in [-0.39, 0.29) is 48.0 Å². The zero-order chi connectivity index (χ0) is 14.9. The number of halogens is 2. The highest BCUT2D eigenvalue weighted by atomic mass is 35.5. The Hall–Kier alpha value is -0.930. The molecule has 110 valence electrons. The van der Waals surface area contributed by atoms with E-state index in [2.05, 4.69) is 4.98 Å². The van der Waals surface area contributed by atoms with Crippen molar-refractivity contribution in [2.45, 2.75) is 0 Å². The van der Waals surface area contributed by atoms with Gasteiger partial charge in [-0.15, -0.1) is 0 Å². The van der Waals surface area contributed by atoms with Crippen LogP contribution in [-0.4, -0.2) is 54.7 Å². The molecule has 0 saturated carbocycles. The van der Waals surface area contributed by atoms with E-state index in [4.69, 9.17) is 28.3 Å². The van der Waals surface area contributed by atoms with Crippen molar-refractivity contribution in [2.75, 3.05) is 26.2 Å². The lowest BCUT2D eigenvalue weighted by Crippen LogP contribution is -2.52. The molecule has 2 N–H and O–H groups in total. The molecule has 0 aliphatic carbocycles. The van der Waals surface area contributed by atoms with Gasteiger partial charge in [0.05, 0.1) is 5.56 Å². The van der Waals surface area contributed by atoms with Gasteiger partial charge in [0.2, 0.25) is 0 Å². The fourth-order valence-corrected chi connectivity index (χ4v) is 2.99. The summed E-state index contributed by atoms with van der Waals surface area (Å²) in [5, 5.41) is 5.26. The lowest BCUT2D eigenvalue weighted by atomic mass is 10.2. The predicted octanol–water partition coefficient (Wildman–Crippen LogP) is 0.350. The summed E-state index contributed by atoms with van der Waals surface area (Å²) in [7, 11) is -3.71. The van der Waals surface area contributed by atoms with E-state index in [1.54, 1.807) is 0 Å². The van der Waals surface area contributed by atoms with Crippen molar-refractivity contribution < 1.29 is 13.2 Å². The number of piperazine rings is 1. The zero-order valence-corrected chi connectivity index (χ0v) is 12.6. The number of nitrogens with zero attached hydrogens (tertiary/aromatic N) is 3. The van der Waals surface area contributed by atoms with Crippen molar-refractivity contribution in [3.63, 3.8) is 0 Å². The quantitative estimate of drug-likeness (QED) is 0.787. The minimum absolute atomic E-state index is 0.0244. The van der Waals surface area contributed by atoms with E-state index in [1.807, 2.05) is 0 Å². The van der Waals surface area contributed by atoms with Crippen LogP contribution in [0.1, 0.15) is 10.4 Å². The van der Waals surface area contributed by atoms with Crippen LogP contribution in [0.5, 0.6) is 0 Å². The molecular weight excluding hydrogens is 327 g/mol. The third-order valence-electron chi connectivity index (χ3n) is 2.93. The largest absolute Gasteiger partial charge is 0.336 e. The molecule has 0 bridgehead atoms. The Kier molecular flexibility index (Phi) is 4.50. The highest BCUT2D eigenvalue weighted by Gasteiger charge is 2.28. The normalized spacial score (nSPS) is 17.2. The molecule has 10 heteroatoms. The number of pyridine rings is 1. The van der Waals surface area contributed by atoms with Crippen molar-refractivity contribution in [1.29, 1.82) is 0 Å². The smallest absolute Gasteiger partial charge is 0.277 e. The highest BCUT2D eigenvalue weighted by molar-refractivity contribution is 7.86. The van der Waals surface area contributed by atoms with Crippen molar-refractivity contribution in [1.82, 2.24) is 14.2 Å². The van der Waals surface area contributed by atoms with Crippen LogP contribution in [0.3, 0.4) is 0 Å². The maximum Gasteiger partial charge on any atom is 0.277 e. The van der Waals surface area contributed by atoms with Gasteiger partial charge >= 0.3 is 0 Å². The van der Waals surface area contributed by atoms with Crippen LogP contribution in [0.15, 0.2) is 12.1 Å². The lowest BCUT2D eigenvalue weighted by molar-refractivity contribution is 0.0697. The first kappa shape index (κ1) is 15.5. The first-order valence-electron chi connectivity index (χ1n) is 5.68. The van der Waals surface area contributed by atoms with Gasteiger partial charge in [-0.05, 0) is 12.1 Å². The second-order valence-corrected chi connectivity index (χ2v) is 6.50. The van der Waals surface area contributed by atoms with Crippen LogP contribution < -0.4 is 5.14 Å². The summed E-state index contributed by atoms with van der Waals surface area (Å²) in [5.74, 6) is -0.312. The van der Waals surface area contributed by atoms with Gasteiger partial charge in [-0.3, -0.25) is 4.79 Å². The van der Waals surface area contributed by atoms with Crippen molar-refractivity contribution in [2.24, 2.45) is 5.14 Å². The van der Waals surface area contributed by atoms with E-state index >= 15 is 0 Å². The van der Waals surface area contributed by atoms with Gasteiger partial charge in [0.25, 0.3) is 16.1 Å². The Bertz CT molecular complexity index is 629. The number of nitrogens with two attached hydrogens (primary N) is 1. The van der Waals surface area contributed by atoms with E-state index in [1.165, 1.54) is 17.0 Å². The molecule has 0 aromatic carbocycles. The lowest BCUT2D eigenvalue weighted by Gasteiger charge is -2.33. The molecule has 1 aliphatic heterocycles. The fraction of sp³-hybridized carbons (Fsp3) is 0.400. The molecule has 0 radical (unpaired) electrons. The summed E-state index contributed by atoms with van der Waals surface area (Å²) in [6, 6.07) is 2.97. The summed E-state index contributed by atoms with van der Waals surface area (Å²) in [4.78, 5) is 17.5. The van der Waals surface area contributed by atoms with Gasteiger partial charge in [-0.2, -0.15) is 12.7 Å². The fourth-order valence-electron chi connectivity index (χ4n) is 1.89. The predicted molar refractivity (Wildman–Crippen MR) is 74.8 cm³/mol. The van der Waals surface area contributed by atoms with E-state index in [9.17, 15) is 13.2 Å². The molecule has 1 aromatic heterocycles. The van der Waals surface area contributed by atoms with Crippen LogP contribution in [0.25, 0.3) is 0 Å². The number of aromatic nitrogens is 1. The number of hydrogen-bond acceptors (Lipinski definition) is 4. The van der Waals surface area contributed by atoms with Gasteiger partial charge in [0.15, 0.2) is 0 Å². The minimum atomic E-state index is -3.71. The van der Waals surface area contributed by atoms with Gasteiger partial charge in [-0.25, -0.2) is 10.1 Å². The Morgan fingerprint density at radius 2 is 1.80 bits per heavy atom. The topological polar surface area (TPSA) is 96.6 Å². The summed E-state index contributed by atoms with van der Waals surface area (Å²) in [5.41, 5.74) is 0.236. The van der Waals surface area contributed by atoms with E-state index in [0.29, 0.717) is 0 Å². The number of rotatable bonds is 2. The number of amides is 1. The molecule has 7 nitrogen and oxygen atoms in total. The second-order valence-electron chi connectivity index (χ2n) is 4.21. The molecule has 0 spiro atoms. The first-order valence-corrected chi connectivity index (χ1v) is 7.94. The molecule has 1 aromatic rings. The maximum absolute atomic E-state index is 12.2. The van der Waals surface area contributed by atoms with Crippen LogP contribution in [0, 0.1) is 0 Å². The average Bonchev–Trinajstić information content (AvgIpc) is 2.37. The molecule has 1 saturated heterocycles. The third kappa shape index (κ3) is 3.39. The molecule has 1 amide bonds. The summed E-state index contributed by atoms with van der Waals surface area (Å²) < 4.78 is 23.5. The van der Waals surface area contributed by atoms with Gasteiger partial charge < -0.3 is 4.90 Å². The zero-order valence-electron chi connectivity index (χ0n) is 10.3. The van der Waals surface area contributed by atoms with E-state index in [0.717, 1.165) is 4.31 Å². The van der Waals surface area contributed by atoms with Crippen LogP contribution in [0.2, 0.25) is 10.3 Å². The van der Waals surface area contributed by atoms with Crippen molar-refractivity contribution in [3.05, 3.63) is 28.0 Å². The molecule has 0 atom stereocenters. The number of carbonyl (C=O) groups is 1. The van der Waals surface area contributed by atoms with Crippen LogP contribution >= 0.6 is 23.2 Å². The third-order valence-corrected chi connectivity index (χ3v) is 4.51. The Morgan fingerprint density at radius 3 is 2.30 bits per heavy atom. The molecule has 20 heavy (non-hydrogen) atoms. The van der Waals surface area contributed by atoms with Crippen LogP contribution in [0.4, 0.5) is 0 Å². The summed E-state index contributed by atoms with van der Waals surface area (Å²) >= 11 is 11.5. The molecule has 1 fully saturated rings. The van der Waals surface area contributed by atoms with Crippen molar-refractivity contribution >= 4 is 39.3 Å². The SMILES string of the molecule is NS(=O)(=O)N1CCN(C(=O)c2ccc(Cl)nc2Cl)CC1. The first-order chi connectivity index (χ1) is 9.29. The minimum Gasteiger partial charge on any atom is -0.336 e. The average molecular weight is 339 g/mol. The Balaban J connectivity index is 2.09. The molecule has 0 unspecified atom stereocenters. The maximum atomic E-state index is 12.2. The standard InChI is InChI=1S/C10H12Cl2N4O3S/c11-8-2-1-7(9(12)14-8)10(17)15-3-5-16(6-4-15)20(13,18)19/h1-2H,3-6H2,(H2,13,18,19). The number of hydrogen-bond donors (Lipinski definition) is 1. The van der Waals surface area contributed by atoms with Crippen molar-refractivity contribution in [3.8, 4) is 0 Å². The summed E-state index contributed by atoms with van der Waals surface area (Å²) in [6.07, 6.45) is 0. The van der Waals surface area contributed by atoms with E-state index < -0.39 is 10.2 Å². The summed E-state index contributed by atoms with van der Waals surface area (Å²) in [6.45, 7) is 0.800. The molecular formula is C10H12Cl2N4O3S. The molecule has 2 rings (SSSR count). The molecule has 2 heterocycles. The van der Waals surface area contributed by atoms with Gasteiger partial charge in [0.1, 0.15) is 10.3 Å². The monoisotopic (exact) mass is 338 g/mol. The van der Waals surface area contributed by atoms with Gasteiger partial charge in [-0.1, -0.05) is 23.2 Å². The van der Waals surface area contributed by atoms with Gasteiger partial charge in [0, 0.05) is 26.2 Å². The Labute approximate surface area is 126 Å². The second kappa shape index (κ2) is 5.82. The van der Waals surface area contributed by atoms with Crippen LogP contribution in [-0.2, 0) is 10.2 Å². The molecule has 1 aliphatic rings. The Morgan fingerprint density at radius 1 is 1.20 bits per heavy atom.